The van der Waals surface area contributed by atoms with Gasteiger partial charge < -0.3 is 15.0 Å². The van der Waals surface area contributed by atoms with Crippen molar-refractivity contribution in [3.63, 3.8) is 0 Å². The molecule has 0 radical (unpaired) electrons. The summed E-state index contributed by atoms with van der Waals surface area (Å²) in [6, 6.07) is 17.8. The van der Waals surface area contributed by atoms with Crippen LogP contribution in [-0.4, -0.2) is 67.3 Å². The second kappa shape index (κ2) is 8.50. The maximum absolute atomic E-state index is 13.3. The monoisotopic (exact) mass is 455 g/mol. The predicted molar refractivity (Wildman–Crippen MR) is 122 cm³/mol. The number of hydrogen-bond donors (Lipinski definition) is 1. The predicted octanol–water partition coefficient (Wildman–Crippen LogP) is 2.16. The quantitative estimate of drug-likeness (QED) is 0.750. The molecule has 170 valence electrons. The number of aryl methyl sites for hydroxylation is 1. The summed E-state index contributed by atoms with van der Waals surface area (Å²) in [7, 11) is -3.48. The van der Waals surface area contributed by atoms with Crippen molar-refractivity contribution in [1.82, 2.24) is 14.5 Å². The highest BCUT2D eigenvalue weighted by atomic mass is 32.2. The van der Waals surface area contributed by atoms with E-state index in [-0.39, 0.29) is 18.1 Å². The smallest absolute Gasteiger partial charge is 0.317 e. The number of hydrogen-bond acceptors (Lipinski definition) is 4. The maximum atomic E-state index is 13.3. The molecule has 2 aromatic rings. The molecule has 8 heteroatoms. The molecular weight excluding hydrogens is 426 g/mol. The molecule has 2 amide bonds. The molecule has 32 heavy (non-hydrogen) atoms. The molecule has 2 bridgehead atoms. The van der Waals surface area contributed by atoms with E-state index in [0.29, 0.717) is 32.7 Å². The summed E-state index contributed by atoms with van der Waals surface area (Å²) in [4.78, 5) is 14.4. The SMILES string of the molecule is Cc1ccc(CN2C[C@@H]3[C@@H]([C@H]4CN(C(=O)NCCc5ccccc5)C[C@H]3O4)S2(=O)=O)cc1. The van der Waals surface area contributed by atoms with E-state index in [4.69, 9.17) is 4.74 Å². The van der Waals surface area contributed by atoms with E-state index in [1.165, 1.54) is 5.56 Å². The highest BCUT2D eigenvalue weighted by molar-refractivity contribution is 7.90. The number of fused-ring (bicyclic) bond motifs is 5. The van der Waals surface area contributed by atoms with Gasteiger partial charge >= 0.3 is 6.03 Å². The van der Waals surface area contributed by atoms with Gasteiger partial charge in [-0.25, -0.2) is 13.2 Å². The molecule has 0 saturated carbocycles. The Morgan fingerprint density at radius 3 is 2.47 bits per heavy atom. The average Bonchev–Trinajstić information content (AvgIpc) is 3.20. The van der Waals surface area contributed by atoms with E-state index < -0.39 is 21.4 Å². The summed E-state index contributed by atoms with van der Waals surface area (Å²) in [5.74, 6) is -0.0995. The van der Waals surface area contributed by atoms with Crippen LogP contribution in [0, 0.1) is 12.8 Å². The largest absolute Gasteiger partial charge is 0.369 e. The molecule has 3 fully saturated rings. The summed E-state index contributed by atoms with van der Waals surface area (Å²) < 4.78 is 34.3. The zero-order valence-electron chi connectivity index (χ0n) is 18.2. The average molecular weight is 456 g/mol. The van der Waals surface area contributed by atoms with Crippen molar-refractivity contribution in [3.05, 3.63) is 71.3 Å². The molecule has 0 aliphatic carbocycles. The van der Waals surface area contributed by atoms with Gasteiger partial charge in [0.25, 0.3) is 0 Å². The van der Waals surface area contributed by atoms with Gasteiger partial charge in [-0.1, -0.05) is 60.2 Å². The number of urea groups is 1. The number of morpholine rings is 1. The minimum absolute atomic E-state index is 0.0995. The topological polar surface area (TPSA) is 79.0 Å². The molecule has 2 aromatic carbocycles. The van der Waals surface area contributed by atoms with E-state index in [1.807, 2.05) is 61.5 Å². The van der Waals surface area contributed by atoms with Crippen LogP contribution in [0.3, 0.4) is 0 Å². The second-order valence-electron chi connectivity index (χ2n) is 9.04. The van der Waals surface area contributed by atoms with Crippen LogP contribution in [0.25, 0.3) is 0 Å². The van der Waals surface area contributed by atoms with Gasteiger partial charge in [0.15, 0.2) is 0 Å². The first-order chi connectivity index (χ1) is 15.4. The number of rotatable bonds is 5. The summed E-state index contributed by atoms with van der Waals surface area (Å²) in [6.45, 7) is 4.15. The number of carbonyl (C=O) groups excluding carboxylic acids is 1. The number of ether oxygens (including phenoxy) is 1. The number of nitrogens with one attached hydrogen (secondary N) is 1. The summed E-state index contributed by atoms with van der Waals surface area (Å²) >= 11 is 0. The van der Waals surface area contributed by atoms with Crippen molar-refractivity contribution < 1.29 is 17.9 Å². The molecule has 0 unspecified atom stereocenters. The van der Waals surface area contributed by atoms with Crippen molar-refractivity contribution in [1.29, 1.82) is 0 Å². The third-order valence-corrected chi connectivity index (χ3v) is 9.17. The summed E-state index contributed by atoms with van der Waals surface area (Å²) in [5.41, 5.74) is 3.31. The van der Waals surface area contributed by atoms with Gasteiger partial charge in [0.05, 0.1) is 18.8 Å². The fourth-order valence-electron chi connectivity index (χ4n) is 5.16. The normalized spacial score (nSPS) is 28.5. The highest BCUT2D eigenvalue weighted by Gasteiger charge is 2.61. The first kappa shape index (κ1) is 21.4. The number of sulfonamides is 1. The Bertz CT molecular complexity index is 1070. The molecule has 4 atom stereocenters. The van der Waals surface area contributed by atoms with Gasteiger partial charge in [-0.3, -0.25) is 0 Å². The van der Waals surface area contributed by atoms with Crippen molar-refractivity contribution in [2.45, 2.75) is 37.3 Å². The minimum Gasteiger partial charge on any atom is -0.369 e. The van der Waals surface area contributed by atoms with Crippen LogP contribution < -0.4 is 5.32 Å². The molecular formula is C24H29N3O4S. The summed E-state index contributed by atoms with van der Waals surface area (Å²) in [5, 5.41) is 2.40. The Morgan fingerprint density at radius 2 is 1.72 bits per heavy atom. The third-order valence-electron chi connectivity index (χ3n) is 6.83. The van der Waals surface area contributed by atoms with Gasteiger partial charge in [0, 0.05) is 32.1 Å². The Kier molecular flexibility index (Phi) is 5.69. The molecule has 1 N–H and O–H groups in total. The Hall–Kier alpha value is -2.42. The molecule has 7 nitrogen and oxygen atoms in total. The van der Waals surface area contributed by atoms with Crippen LogP contribution in [0.4, 0.5) is 4.79 Å². The van der Waals surface area contributed by atoms with Crippen LogP contribution in [0.15, 0.2) is 54.6 Å². The first-order valence-corrected chi connectivity index (χ1v) is 12.7. The van der Waals surface area contributed by atoms with Crippen molar-refractivity contribution in [3.8, 4) is 0 Å². The number of benzene rings is 2. The van der Waals surface area contributed by atoms with Gasteiger partial charge in [-0.15, -0.1) is 0 Å². The van der Waals surface area contributed by atoms with E-state index in [1.54, 1.807) is 9.21 Å². The molecule has 3 aliphatic heterocycles. The second-order valence-corrected chi connectivity index (χ2v) is 11.1. The molecule has 5 rings (SSSR count). The van der Waals surface area contributed by atoms with Crippen LogP contribution in [0.5, 0.6) is 0 Å². The maximum Gasteiger partial charge on any atom is 0.317 e. The number of amides is 2. The minimum atomic E-state index is -3.48. The number of nitrogens with zero attached hydrogens (tertiary/aromatic N) is 2. The standard InChI is InChI=1S/C24H29N3O4S/c1-17-7-9-19(10-8-17)13-27-14-20-21-15-26(16-22(31-21)23(20)32(27,29)30)24(28)25-12-11-18-5-3-2-4-6-18/h2-10,20-23H,11-16H2,1H3,(H,25,28)/t20-,21+,22+,23-/m0/s1. The Balaban J connectivity index is 1.21. The van der Waals surface area contributed by atoms with Gasteiger partial charge in [0.2, 0.25) is 10.0 Å². The highest BCUT2D eigenvalue weighted by Crippen LogP contribution is 2.43. The van der Waals surface area contributed by atoms with Crippen LogP contribution in [0.2, 0.25) is 0 Å². The Morgan fingerprint density at radius 1 is 1.00 bits per heavy atom. The van der Waals surface area contributed by atoms with Crippen LogP contribution >= 0.6 is 0 Å². The van der Waals surface area contributed by atoms with Gasteiger partial charge in [-0.05, 0) is 24.5 Å². The van der Waals surface area contributed by atoms with Crippen molar-refractivity contribution in [2.24, 2.45) is 5.92 Å². The zero-order valence-corrected chi connectivity index (χ0v) is 19.0. The van der Waals surface area contributed by atoms with E-state index in [9.17, 15) is 13.2 Å². The molecule has 3 heterocycles. The lowest BCUT2D eigenvalue weighted by Gasteiger charge is -2.34. The van der Waals surface area contributed by atoms with E-state index in [2.05, 4.69) is 5.32 Å². The molecule has 0 spiro atoms. The molecule has 3 aliphatic rings. The lowest BCUT2D eigenvalue weighted by molar-refractivity contribution is -0.0345. The lowest BCUT2D eigenvalue weighted by Crippen LogP contribution is -2.52. The molecule has 0 aromatic heterocycles. The fourth-order valence-corrected chi connectivity index (χ4v) is 7.45. The van der Waals surface area contributed by atoms with Crippen molar-refractivity contribution >= 4 is 16.1 Å². The van der Waals surface area contributed by atoms with Crippen LogP contribution in [-0.2, 0) is 27.7 Å². The third kappa shape index (κ3) is 4.02. The Labute approximate surface area is 189 Å². The van der Waals surface area contributed by atoms with Gasteiger partial charge in [0.1, 0.15) is 5.25 Å². The fraction of sp³-hybridized carbons (Fsp3) is 0.458. The van der Waals surface area contributed by atoms with Gasteiger partial charge in [-0.2, -0.15) is 4.31 Å². The summed E-state index contributed by atoms with van der Waals surface area (Å²) in [6.07, 6.45) is 0.0558. The zero-order chi connectivity index (χ0) is 22.3. The number of likely N-dealkylation sites (tertiary alicyclic amines) is 1. The molecule has 3 saturated heterocycles. The van der Waals surface area contributed by atoms with E-state index >= 15 is 0 Å². The first-order valence-electron chi connectivity index (χ1n) is 11.2. The van der Waals surface area contributed by atoms with Crippen LogP contribution in [0.1, 0.15) is 16.7 Å². The number of carbonyl (C=O) groups is 1. The van der Waals surface area contributed by atoms with Crippen molar-refractivity contribution in [2.75, 3.05) is 26.2 Å². The lowest BCUT2D eigenvalue weighted by atomic mass is 10.00. The van der Waals surface area contributed by atoms with E-state index in [0.717, 1.165) is 17.5 Å².